The monoisotopic (exact) mass is 247 g/mol. The minimum Gasteiger partial charge on any atom is -0.382 e. The van der Waals surface area contributed by atoms with Crippen LogP contribution in [0.2, 0.25) is 0 Å². The van der Waals surface area contributed by atoms with Gasteiger partial charge in [0.05, 0.1) is 11.8 Å². The average Bonchev–Trinajstić information content (AvgIpc) is 2.75. The summed E-state index contributed by atoms with van der Waals surface area (Å²) in [5.41, 5.74) is 6.51. The molecule has 3 N–H and O–H groups in total. The standard InChI is InChI=1S/C12H17N5O/c1-18-12(3-2-4-12)8-15-10-11-14-5-6-17(11)7-9(13)16-10/h5-7H,2-4,8,13H2,1H3,(H,15,16). The van der Waals surface area contributed by atoms with Crippen LogP contribution in [0, 0.1) is 0 Å². The van der Waals surface area contributed by atoms with Crippen molar-refractivity contribution < 1.29 is 4.74 Å². The Balaban J connectivity index is 1.83. The van der Waals surface area contributed by atoms with Gasteiger partial charge in [0.1, 0.15) is 5.82 Å². The second-order valence-corrected chi connectivity index (χ2v) is 4.77. The molecular formula is C12H17N5O. The van der Waals surface area contributed by atoms with Crippen molar-refractivity contribution in [3.05, 3.63) is 18.6 Å². The molecule has 0 radical (unpaired) electrons. The maximum absolute atomic E-state index is 5.77. The zero-order valence-electron chi connectivity index (χ0n) is 10.4. The molecule has 0 bridgehead atoms. The summed E-state index contributed by atoms with van der Waals surface area (Å²) >= 11 is 0. The van der Waals surface area contributed by atoms with Gasteiger partial charge in [-0.3, -0.25) is 0 Å². The van der Waals surface area contributed by atoms with E-state index < -0.39 is 0 Å². The van der Waals surface area contributed by atoms with Crippen molar-refractivity contribution in [1.82, 2.24) is 14.4 Å². The van der Waals surface area contributed by atoms with Crippen LogP contribution in [0.1, 0.15) is 19.3 Å². The van der Waals surface area contributed by atoms with E-state index in [9.17, 15) is 0 Å². The number of nitrogens with one attached hydrogen (secondary N) is 1. The van der Waals surface area contributed by atoms with Crippen LogP contribution in [0.25, 0.3) is 5.65 Å². The number of ether oxygens (including phenoxy) is 1. The van der Waals surface area contributed by atoms with Gasteiger partial charge < -0.3 is 20.2 Å². The van der Waals surface area contributed by atoms with Gasteiger partial charge in [0.25, 0.3) is 0 Å². The zero-order valence-corrected chi connectivity index (χ0v) is 10.4. The van der Waals surface area contributed by atoms with Crippen LogP contribution in [0.3, 0.4) is 0 Å². The molecule has 0 unspecified atom stereocenters. The van der Waals surface area contributed by atoms with E-state index in [1.54, 1.807) is 19.5 Å². The van der Waals surface area contributed by atoms with Crippen LogP contribution in [-0.2, 0) is 4.74 Å². The van der Waals surface area contributed by atoms with Gasteiger partial charge in [-0.15, -0.1) is 0 Å². The summed E-state index contributed by atoms with van der Waals surface area (Å²) < 4.78 is 7.44. The van der Waals surface area contributed by atoms with E-state index >= 15 is 0 Å². The van der Waals surface area contributed by atoms with E-state index in [1.807, 2.05) is 10.6 Å². The van der Waals surface area contributed by atoms with Crippen LogP contribution >= 0.6 is 0 Å². The third kappa shape index (κ3) is 1.78. The Bertz CT molecular complexity index is 555. The maximum atomic E-state index is 5.77. The molecule has 1 fully saturated rings. The Kier molecular flexibility index (Phi) is 2.59. The van der Waals surface area contributed by atoms with E-state index in [0.29, 0.717) is 11.6 Å². The highest BCUT2D eigenvalue weighted by Gasteiger charge is 2.36. The largest absolute Gasteiger partial charge is 0.382 e. The molecule has 0 amide bonds. The maximum Gasteiger partial charge on any atom is 0.180 e. The Morgan fingerprint density at radius 2 is 2.39 bits per heavy atom. The fourth-order valence-corrected chi connectivity index (χ4v) is 2.34. The fraction of sp³-hybridized carbons (Fsp3) is 0.500. The molecule has 3 rings (SSSR count). The van der Waals surface area contributed by atoms with Gasteiger partial charge in [0, 0.05) is 26.0 Å². The predicted octanol–water partition coefficient (Wildman–Crippen LogP) is 1.29. The van der Waals surface area contributed by atoms with Gasteiger partial charge in [0.2, 0.25) is 0 Å². The molecule has 2 heterocycles. The van der Waals surface area contributed by atoms with Crippen LogP contribution < -0.4 is 11.1 Å². The molecule has 0 aliphatic heterocycles. The number of fused-ring (bicyclic) bond motifs is 1. The molecule has 1 aliphatic carbocycles. The summed E-state index contributed by atoms with van der Waals surface area (Å²) in [4.78, 5) is 8.57. The number of aromatic nitrogens is 3. The molecule has 2 aromatic heterocycles. The van der Waals surface area contributed by atoms with Gasteiger partial charge in [-0.25, -0.2) is 9.97 Å². The topological polar surface area (TPSA) is 77.5 Å². The molecule has 1 saturated carbocycles. The molecule has 6 nitrogen and oxygen atoms in total. The average molecular weight is 247 g/mol. The molecule has 0 saturated heterocycles. The van der Waals surface area contributed by atoms with Crippen molar-refractivity contribution in [3.63, 3.8) is 0 Å². The van der Waals surface area contributed by atoms with Crippen molar-refractivity contribution in [2.45, 2.75) is 24.9 Å². The Morgan fingerprint density at radius 3 is 3.06 bits per heavy atom. The van der Waals surface area contributed by atoms with Crippen LogP contribution in [0.5, 0.6) is 0 Å². The normalized spacial score (nSPS) is 17.6. The number of imidazole rings is 1. The highest BCUT2D eigenvalue weighted by Crippen LogP contribution is 2.35. The lowest BCUT2D eigenvalue weighted by Crippen LogP contribution is -2.45. The molecule has 1 aliphatic rings. The van der Waals surface area contributed by atoms with Gasteiger partial charge in [0.15, 0.2) is 11.5 Å². The predicted molar refractivity (Wildman–Crippen MR) is 69.5 cm³/mol. The first-order valence-corrected chi connectivity index (χ1v) is 6.11. The summed E-state index contributed by atoms with van der Waals surface area (Å²) in [6.07, 6.45) is 8.74. The van der Waals surface area contributed by atoms with Crippen LogP contribution in [0.15, 0.2) is 18.6 Å². The number of nitrogens with two attached hydrogens (primary N) is 1. The number of nitrogen functional groups attached to an aromatic ring is 1. The van der Waals surface area contributed by atoms with Gasteiger partial charge >= 0.3 is 0 Å². The van der Waals surface area contributed by atoms with E-state index in [2.05, 4.69) is 15.3 Å². The number of anilines is 2. The summed E-state index contributed by atoms with van der Waals surface area (Å²) in [5, 5.41) is 3.31. The summed E-state index contributed by atoms with van der Waals surface area (Å²) in [5.74, 6) is 1.19. The van der Waals surface area contributed by atoms with E-state index in [4.69, 9.17) is 10.5 Å². The summed E-state index contributed by atoms with van der Waals surface area (Å²) in [6.45, 7) is 0.739. The number of hydrogen-bond acceptors (Lipinski definition) is 5. The summed E-state index contributed by atoms with van der Waals surface area (Å²) in [6, 6.07) is 0. The van der Waals surface area contributed by atoms with Crippen molar-refractivity contribution in [2.75, 3.05) is 24.7 Å². The van der Waals surface area contributed by atoms with E-state index in [-0.39, 0.29) is 5.60 Å². The molecule has 0 spiro atoms. The lowest BCUT2D eigenvalue weighted by molar-refractivity contribution is -0.0601. The number of rotatable bonds is 4. The van der Waals surface area contributed by atoms with E-state index in [1.165, 1.54) is 6.42 Å². The second-order valence-electron chi connectivity index (χ2n) is 4.77. The van der Waals surface area contributed by atoms with Crippen molar-refractivity contribution in [1.29, 1.82) is 0 Å². The molecular weight excluding hydrogens is 230 g/mol. The number of nitrogens with zero attached hydrogens (tertiary/aromatic N) is 3. The molecule has 0 aromatic carbocycles. The fourth-order valence-electron chi connectivity index (χ4n) is 2.34. The third-order valence-corrected chi connectivity index (χ3v) is 3.67. The Hall–Kier alpha value is -1.82. The quantitative estimate of drug-likeness (QED) is 0.851. The highest BCUT2D eigenvalue weighted by molar-refractivity contribution is 5.64. The molecule has 0 atom stereocenters. The molecule has 2 aromatic rings. The van der Waals surface area contributed by atoms with Crippen molar-refractivity contribution >= 4 is 17.3 Å². The molecule has 6 heteroatoms. The SMILES string of the molecule is COC1(CNc2nc(N)cn3ccnc23)CCC1. The minimum absolute atomic E-state index is 0.0458. The highest BCUT2D eigenvalue weighted by atomic mass is 16.5. The van der Waals surface area contributed by atoms with E-state index in [0.717, 1.165) is 25.0 Å². The second kappa shape index (κ2) is 4.13. The number of hydrogen-bond donors (Lipinski definition) is 2. The van der Waals surface area contributed by atoms with Crippen molar-refractivity contribution in [2.24, 2.45) is 0 Å². The van der Waals surface area contributed by atoms with Crippen LogP contribution in [-0.4, -0.2) is 33.6 Å². The third-order valence-electron chi connectivity index (χ3n) is 3.67. The minimum atomic E-state index is -0.0458. The molecule has 18 heavy (non-hydrogen) atoms. The van der Waals surface area contributed by atoms with Crippen LogP contribution in [0.4, 0.5) is 11.6 Å². The molecule has 96 valence electrons. The zero-order chi connectivity index (χ0) is 12.6. The van der Waals surface area contributed by atoms with Gasteiger partial charge in [-0.1, -0.05) is 0 Å². The first kappa shape index (κ1) is 11.3. The lowest BCUT2D eigenvalue weighted by Gasteiger charge is -2.40. The number of methoxy groups -OCH3 is 1. The van der Waals surface area contributed by atoms with Crippen molar-refractivity contribution in [3.8, 4) is 0 Å². The first-order chi connectivity index (χ1) is 8.72. The smallest absolute Gasteiger partial charge is 0.180 e. The van der Waals surface area contributed by atoms with Gasteiger partial charge in [-0.05, 0) is 19.3 Å². The first-order valence-electron chi connectivity index (χ1n) is 6.11. The Morgan fingerprint density at radius 1 is 1.56 bits per heavy atom. The van der Waals surface area contributed by atoms with Gasteiger partial charge in [-0.2, -0.15) is 0 Å². The summed E-state index contributed by atoms with van der Waals surface area (Å²) in [7, 11) is 1.76. The lowest BCUT2D eigenvalue weighted by atomic mass is 9.80. The Labute approximate surface area is 105 Å².